The first kappa shape index (κ1) is 24.0. The monoisotopic (exact) mass is 466 g/mol. The Morgan fingerprint density at radius 2 is 2.09 bits per heavy atom. The number of rotatable bonds is 8. The summed E-state index contributed by atoms with van der Waals surface area (Å²) in [5.41, 5.74) is 1.23. The standard InChI is InChI=1S/C24H23ClN4O4/c1-15-6-4-10-29-21(15)28-23(33-18-7-8-20(25)16(2)12-18)19(24(29)31)13-17(14-26)22(30)27-9-5-11-32-3/h4,6-8,10,12-13H,5,9,11H2,1-3H3,(H,27,30). The number of benzene rings is 1. The summed E-state index contributed by atoms with van der Waals surface area (Å²) < 4.78 is 12.2. The molecular weight excluding hydrogens is 444 g/mol. The van der Waals surface area contributed by atoms with Gasteiger partial charge in [-0.3, -0.25) is 14.0 Å². The van der Waals surface area contributed by atoms with Crippen LogP contribution in [0, 0.1) is 25.2 Å². The van der Waals surface area contributed by atoms with Gasteiger partial charge in [0.05, 0.1) is 0 Å². The van der Waals surface area contributed by atoms with E-state index in [9.17, 15) is 14.9 Å². The molecule has 1 amide bonds. The van der Waals surface area contributed by atoms with Gasteiger partial charge in [-0.25, -0.2) is 0 Å². The smallest absolute Gasteiger partial charge is 0.269 e. The molecule has 0 saturated heterocycles. The molecule has 0 unspecified atom stereocenters. The topological polar surface area (TPSA) is 106 Å². The molecule has 8 nitrogen and oxygen atoms in total. The number of nitrogens with zero attached hydrogens (tertiary/aromatic N) is 3. The summed E-state index contributed by atoms with van der Waals surface area (Å²) in [5, 5.41) is 12.8. The van der Waals surface area contributed by atoms with Gasteiger partial charge in [0.15, 0.2) is 0 Å². The summed E-state index contributed by atoms with van der Waals surface area (Å²) in [6.45, 7) is 4.44. The molecule has 0 bridgehead atoms. The minimum atomic E-state index is -0.601. The molecule has 1 aromatic carbocycles. The second-order valence-corrected chi connectivity index (χ2v) is 7.71. The van der Waals surface area contributed by atoms with E-state index >= 15 is 0 Å². The quantitative estimate of drug-likeness (QED) is 0.307. The lowest BCUT2D eigenvalue weighted by molar-refractivity contribution is -0.117. The number of carbonyl (C=O) groups excluding carboxylic acids is 1. The van der Waals surface area contributed by atoms with Crippen LogP contribution in [0.15, 0.2) is 46.9 Å². The van der Waals surface area contributed by atoms with Gasteiger partial charge in [-0.05, 0) is 61.7 Å². The third-order valence-electron chi connectivity index (χ3n) is 4.86. The average Bonchev–Trinajstić information content (AvgIpc) is 2.79. The number of aryl methyl sites for hydroxylation is 2. The highest BCUT2D eigenvalue weighted by Crippen LogP contribution is 2.27. The summed E-state index contributed by atoms with van der Waals surface area (Å²) in [4.78, 5) is 30.3. The van der Waals surface area contributed by atoms with Crippen LogP contribution >= 0.6 is 11.6 Å². The lowest BCUT2D eigenvalue weighted by Gasteiger charge is -2.12. The van der Waals surface area contributed by atoms with Crippen LogP contribution in [-0.4, -0.2) is 35.6 Å². The third-order valence-corrected chi connectivity index (χ3v) is 5.28. The Balaban J connectivity index is 2.10. The molecule has 9 heteroatoms. The highest BCUT2D eigenvalue weighted by atomic mass is 35.5. The Morgan fingerprint density at radius 3 is 2.79 bits per heavy atom. The molecule has 0 fully saturated rings. The van der Waals surface area contributed by atoms with Gasteiger partial charge in [-0.15, -0.1) is 0 Å². The molecule has 0 aliphatic heterocycles. The SMILES string of the molecule is COCCCNC(=O)C(C#N)=Cc1c(Oc2ccc(Cl)c(C)c2)nc2c(C)cccn2c1=O. The second-order valence-electron chi connectivity index (χ2n) is 7.31. The van der Waals surface area contributed by atoms with Gasteiger partial charge >= 0.3 is 0 Å². The number of nitriles is 1. The fourth-order valence-electron chi connectivity index (χ4n) is 3.09. The molecule has 0 saturated carbocycles. The van der Waals surface area contributed by atoms with E-state index < -0.39 is 11.5 Å². The Hall–Kier alpha value is -3.67. The first-order valence-electron chi connectivity index (χ1n) is 10.2. The maximum Gasteiger partial charge on any atom is 0.269 e. The number of halogens is 1. The zero-order valence-electron chi connectivity index (χ0n) is 18.5. The Morgan fingerprint density at radius 1 is 1.30 bits per heavy atom. The number of aromatic nitrogens is 2. The maximum atomic E-state index is 13.3. The van der Waals surface area contributed by atoms with Gasteiger partial charge in [0.1, 0.15) is 28.6 Å². The van der Waals surface area contributed by atoms with Gasteiger partial charge in [0.2, 0.25) is 5.88 Å². The van der Waals surface area contributed by atoms with E-state index in [2.05, 4.69) is 10.3 Å². The minimum Gasteiger partial charge on any atom is -0.438 e. The number of fused-ring (bicyclic) bond motifs is 1. The van der Waals surface area contributed by atoms with Crippen molar-refractivity contribution in [3.05, 3.63) is 74.2 Å². The van der Waals surface area contributed by atoms with Gasteiger partial charge in [-0.2, -0.15) is 10.2 Å². The summed E-state index contributed by atoms with van der Waals surface area (Å²) in [6.07, 6.45) is 3.36. The van der Waals surface area contributed by atoms with Gasteiger partial charge in [-0.1, -0.05) is 17.7 Å². The predicted octanol–water partition coefficient (Wildman–Crippen LogP) is 3.82. The third kappa shape index (κ3) is 5.58. The van der Waals surface area contributed by atoms with E-state index in [4.69, 9.17) is 21.1 Å². The van der Waals surface area contributed by atoms with E-state index in [-0.39, 0.29) is 17.0 Å². The van der Waals surface area contributed by atoms with E-state index in [0.29, 0.717) is 36.0 Å². The molecule has 0 aliphatic carbocycles. The minimum absolute atomic E-state index is 0.0176. The van der Waals surface area contributed by atoms with Crippen LogP contribution in [0.25, 0.3) is 11.7 Å². The van der Waals surface area contributed by atoms with E-state index in [1.54, 1.807) is 37.6 Å². The molecule has 0 aliphatic rings. The van der Waals surface area contributed by atoms with Crippen molar-refractivity contribution in [1.82, 2.24) is 14.7 Å². The number of carbonyl (C=O) groups is 1. The van der Waals surface area contributed by atoms with Gasteiger partial charge in [0.25, 0.3) is 11.5 Å². The van der Waals surface area contributed by atoms with Crippen LogP contribution in [0.3, 0.4) is 0 Å². The highest BCUT2D eigenvalue weighted by Gasteiger charge is 2.18. The van der Waals surface area contributed by atoms with E-state index in [0.717, 1.165) is 11.1 Å². The first-order valence-corrected chi connectivity index (χ1v) is 10.6. The average molecular weight is 467 g/mol. The summed E-state index contributed by atoms with van der Waals surface area (Å²) >= 11 is 6.10. The van der Waals surface area contributed by atoms with E-state index in [1.165, 1.54) is 10.5 Å². The number of hydrogen-bond donors (Lipinski definition) is 1. The molecule has 3 aromatic rings. The van der Waals surface area contributed by atoms with Crippen molar-refractivity contribution in [2.24, 2.45) is 0 Å². The maximum absolute atomic E-state index is 13.3. The molecule has 2 heterocycles. The van der Waals surface area contributed by atoms with Crippen molar-refractivity contribution in [1.29, 1.82) is 5.26 Å². The Kier molecular flexibility index (Phi) is 7.83. The molecule has 33 heavy (non-hydrogen) atoms. The molecule has 0 spiro atoms. The van der Waals surface area contributed by atoms with Crippen molar-refractivity contribution in [2.45, 2.75) is 20.3 Å². The van der Waals surface area contributed by atoms with E-state index in [1.807, 2.05) is 26.0 Å². The molecule has 0 radical (unpaired) electrons. The Labute approximate surface area is 196 Å². The molecule has 3 rings (SSSR count). The molecule has 1 N–H and O–H groups in total. The van der Waals surface area contributed by atoms with Crippen LogP contribution in [0.2, 0.25) is 5.02 Å². The van der Waals surface area contributed by atoms with Gasteiger partial charge < -0.3 is 14.8 Å². The fourth-order valence-corrected chi connectivity index (χ4v) is 3.21. The number of amides is 1. The number of nitrogens with one attached hydrogen (secondary N) is 1. The summed E-state index contributed by atoms with van der Waals surface area (Å²) in [6, 6.07) is 10.4. The number of ether oxygens (including phenoxy) is 2. The molecule has 0 atom stereocenters. The zero-order valence-corrected chi connectivity index (χ0v) is 19.3. The van der Waals surface area contributed by atoms with Crippen LogP contribution in [-0.2, 0) is 9.53 Å². The second kappa shape index (κ2) is 10.8. The largest absolute Gasteiger partial charge is 0.438 e. The van der Waals surface area contributed by atoms with Crippen molar-refractivity contribution >= 4 is 29.2 Å². The Bertz CT molecular complexity index is 1320. The summed E-state index contributed by atoms with van der Waals surface area (Å²) in [5.74, 6) is -0.203. The van der Waals surface area contributed by atoms with Crippen LogP contribution in [0.1, 0.15) is 23.1 Å². The first-order chi connectivity index (χ1) is 15.8. The van der Waals surface area contributed by atoms with Crippen molar-refractivity contribution < 1.29 is 14.3 Å². The normalized spacial score (nSPS) is 11.3. The predicted molar refractivity (Wildman–Crippen MR) is 126 cm³/mol. The van der Waals surface area contributed by atoms with Crippen LogP contribution in [0.4, 0.5) is 0 Å². The molecular formula is C24H23ClN4O4. The fraction of sp³-hybridized carbons (Fsp3) is 0.250. The lowest BCUT2D eigenvalue weighted by atomic mass is 10.1. The number of hydrogen-bond acceptors (Lipinski definition) is 6. The highest BCUT2D eigenvalue weighted by molar-refractivity contribution is 6.31. The lowest BCUT2D eigenvalue weighted by Crippen LogP contribution is -2.27. The van der Waals surface area contributed by atoms with Crippen molar-refractivity contribution in [2.75, 3.05) is 20.3 Å². The number of pyridine rings is 1. The molecule has 2 aromatic heterocycles. The van der Waals surface area contributed by atoms with Gasteiger partial charge in [0, 0.05) is 31.5 Å². The van der Waals surface area contributed by atoms with Crippen LogP contribution in [0.5, 0.6) is 11.6 Å². The van der Waals surface area contributed by atoms with Crippen molar-refractivity contribution in [3.8, 4) is 17.7 Å². The summed E-state index contributed by atoms with van der Waals surface area (Å²) in [7, 11) is 1.56. The zero-order chi connectivity index (χ0) is 24.0. The van der Waals surface area contributed by atoms with Crippen LogP contribution < -0.4 is 15.6 Å². The molecule has 170 valence electrons. The number of methoxy groups -OCH3 is 1. The van der Waals surface area contributed by atoms with Crippen molar-refractivity contribution in [3.63, 3.8) is 0 Å².